The second-order valence-electron chi connectivity index (χ2n) is 6.09. The molecule has 7 nitrogen and oxygen atoms in total. The molecule has 0 fully saturated rings. The van der Waals surface area contributed by atoms with Crippen molar-refractivity contribution in [3.8, 4) is 11.5 Å². The average Bonchev–Trinajstić information content (AvgIpc) is 2.67. The van der Waals surface area contributed by atoms with E-state index in [1.807, 2.05) is 6.07 Å². The van der Waals surface area contributed by atoms with Gasteiger partial charge in [-0.3, -0.25) is 14.2 Å². The van der Waals surface area contributed by atoms with Crippen LogP contribution in [0.4, 0.5) is 5.69 Å². The molecule has 1 amide bonds. The summed E-state index contributed by atoms with van der Waals surface area (Å²) < 4.78 is 12.7. The van der Waals surface area contributed by atoms with Gasteiger partial charge in [-0.2, -0.15) is 0 Å². The van der Waals surface area contributed by atoms with Gasteiger partial charge in [0.1, 0.15) is 13.2 Å². The lowest BCUT2D eigenvalue weighted by Gasteiger charge is -2.19. The molecule has 27 heavy (non-hydrogen) atoms. The summed E-state index contributed by atoms with van der Waals surface area (Å²) in [6.07, 6.45) is 0.115. The zero-order valence-electron chi connectivity index (χ0n) is 14.4. The van der Waals surface area contributed by atoms with Crippen LogP contribution in [0.5, 0.6) is 11.5 Å². The number of fused-ring (bicyclic) bond motifs is 2. The number of hydrogen-bond acceptors (Lipinski definition) is 5. The van der Waals surface area contributed by atoms with Crippen molar-refractivity contribution in [2.24, 2.45) is 0 Å². The fourth-order valence-electron chi connectivity index (χ4n) is 2.96. The van der Waals surface area contributed by atoms with Gasteiger partial charge in [-0.15, -0.1) is 0 Å². The van der Waals surface area contributed by atoms with Crippen molar-refractivity contribution in [3.05, 3.63) is 57.6 Å². The number of carbonyl (C=O) groups excluding carboxylic acids is 1. The molecule has 0 spiro atoms. The lowest BCUT2D eigenvalue weighted by atomic mass is 10.2. The molecule has 3 aromatic rings. The van der Waals surface area contributed by atoms with E-state index in [9.17, 15) is 9.59 Å². The van der Waals surface area contributed by atoms with Crippen molar-refractivity contribution in [3.63, 3.8) is 0 Å². The molecule has 0 atom stereocenters. The zero-order chi connectivity index (χ0) is 18.8. The van der Waals surface area contributed by atoms with Crippen LogP contribution in [0.1, 0.15) is 6.42 Å². The van der Waals surface area contributed by atoms with Gasteiger partial charge in [-0.05, 0) is 36.5 Å². The van der Waals surface area contributed by atoms with Gasteiger partial charge in [0, 0.05) is 24.7 Å². The van der Waals surface area contributed by atoms with Crippen LogP contribution in [-0.4, -0.2) is 28.7 Å². The molecule has 0 saturated heterocycles. The predicted molar refractivity (Wildman–Crippen MR) is 104 cm³/mol. The van der Waals surface area contributed by atoms with Crippen LogP contribution in [0.3, 0.4) is 0 Å². The molecular formula is C19H17N3O4S. The van der Waals surface area contributed by atoms with Crippen LogP contribution < -0.4 is 20.3 Å². The maximum absolute atomic E-state index is 12.6. The van der Waals surface area contributed by atoms with Crippen LogP contribution in [-0.2, 0) is 11.3 Å². The Morgan fingerprint density at radius 2 is 1.93 bits per heavy atom. The Morgan fingerprint density at radius 3 is 2.78 bits per heavy atom. The lowest BCUT2D eigenvalue weighted by Crippen LogP contribution is -2.25. The molecule has 0 unspecified atom stereocenters. The molecule has 2 aromatic carbocycles. The second-order valence-corrected chi connectivity index (χ2v) is 6.48. The highest BCUT2D eigenvalue weighted by Crippen LogP contribution is 2.32. The Morgan fingerprint density at radius 1 is 1.15 bits per heavy atom. The molecule has 1 aliphatic heterocycles. The van der Waals surface area contributed by atoms with Crippen molar-refractivity contribution in [2.75, 3.05) is 18.5 Å². The van der Waals surface area contributed by atoms with Gasteiger partial charge in [-0.25, -0.2) is 0 Å². The van der Waals surface area contributed by atoms with Crippen molar-refractivity contribution in [2.45, 2.75) is 13.0 Å². The number of amides is 1. The third kappa shape index (κ3) is 3.56. The van der Waals surface area contributed by atoms with E-state index in [0.717, 1.165) is 0 Å². The summed E-state index contributed by atoms with van der Waals surface area (Å²) in [5, 5.41) is 3.34. The van der Waals surface area contributed by atoms with E-state index in [1.165, 1.54) is 4.57 Å². The Balaban J connectivity index is 1.48. The number of hydrogen-bond donors (Lipinski definition) is 2. The van der Waals surface area contributed by atoms with E-state index in [2.05, 4.69) is 10.3 Å². The second kappa shape index (κ2) is 7.24. The fourth-order valence-corrected chi connectivity index (χ4v) is 3.24. The first-order valence-corrected chi connectivity index (χ1v) is 8.94. The highest BCUT2D eigenvalue weighted by molar-refractivity contribution is 7.71. The summed E-state index contributed by atoms with van der Waals surface area (Å²) in [6.45, 7) is 1.18. The highest BCUT2D eigenvalue weighted by atomic mass is 32.1. The summed E-state index contributed by atoms with van der Waals surface area (Å²) in [5.74, 6) is 1.04. The topological polar surface area (TPSA) is 85.4 Å². The van der Waals surface area contributed by atoms with Gasteiger partial charge in [-0.1, -0.05) is 12.1 Å². The normalized spacial score (nSPS) is 12.7. The minimum absolute atomic E-state index is 0.115. The third-order valence-electron chi connectivity index (χ3n) is 4.28. The van der Waals surface area contributed by atoms with E-state index < -0.39 is 0 Å². The first-order valence-electron chi connectivity index (χ1n) is 8.53. The molecule has 0 radical (unpaired) electrons. The number of para-hydroxylation sites is 1. The number of benzene rings is 2. The van der Waals surface area contributed by atoms with Crippen LogP contribution in [0.25, 0.3) is 10.9 Å². The SMILES string of the molecule is O=C(CCn1c(=S)[nH]c2ccccc2c1=O)Nc1ccc2c(c1)OCCO2. The number of rotatable bonds is 4. The summed E-state index contributed by atoms with van der Waals surface area (Å²) in [7, 11) is 0. The Kier molecular flexibility index (Phi) is 4.64. The molecule has 2 N–H and O–H groups in total. The number of nitrogens with zero attached hydrogens (tertiary/aromatic N) is 1. The molecule has 4 rings (SSSR count). The number of anilines is 1. The largest absolute Gasteiger partial charge is 0.486 e. The molecule has 0 bridgehead atoms. The maximum atomic E-state index is 12.6. The summed E-state index contributed by atoms with van der Waals surface area (Å²) in [5.41, 5.74) is 1.09. The Labute approximate surface area is 159 Å². The number of aromatic amines is 1. The zero-order valence-corrected chi connectivity index (χ0v) is 15.2. The van der Waals surface area contributed by atoms with Gasteiger partial charge in [0.2, 0.25) is 5.91 Å². The van der Waals surface area contributed by atoms with Crippen molar-refractivity contribution in [1.82, 2.24) is 9.55 Å². The van der Waals surface area contributed by atoms with Gasteiger partial charge < -0.3 is 19.8 Å². The van der Waals surface area contributed by atoms with Crippen LogP contribution in [0.2, 0.25) is 0 Å². The van der Waals surface area contributed by atoms with Crippen molar-refractivity contribution < 1.29 is 14.3 Å². The summed E-state index contributed by atoms with van der Waals surface area (Å²) in [6, 6.07) is 12.4. The molecule has 0 saturated carbocycles. The van der Waals surface area contributed by atoms with Gasteiger partial charge in [0.05, 0.1) is 10.9 Å². The Bertz CT molecular complexity index is 1140. The maximum Gasteiger partial charge on any atom is 0.262 e. The molecule has 8 heteroatoms. The Hall–Kier alpha value is -3.13. The van der Waals surface area contributed by atoms with Gasteiger partial charge in [0.25, 0.3) is 5.56 Å². The lowest BCUT2D eigenvalue weighted by molar-refractivity contribution is -0.116. The van der Waals surface area contributed by atoms with E-state index in [0.29, 0.717) is 46.1 Å². The number of nitrogens with one attached hydrogen (secondary N) is 2. The van der Waals surface area contributed by atoms with Crippen molar-refractivity contribution >= 4 is 34.7 Å². The van der Waals surface area contributed by atoms with Crippen molar-refractivity contribution in [1.29, 1.82) is 0 Å². The van der Waals surface area contributed by atoms with Gasteiger partial charge >= 0.3 is 0 Å². The first-order chi connectivity index (χ1) is 13.1. The number of H-pyrrole nitrogens is 1. The molecule has 1 aliphatic rings. The monoisotopic (exact) mass is 383 g/mol. The van der Waals surface area contributed by atoms with E-state index in [4.69, 9.17) is 21.7 Å². The van der Waals surface area contributed by atoms with E-state index in [-0.39, 0.29) is 24.4 Å². The van der Waals surface area contributed by atoms with Crippen LogP contribution in [0, 0.1) is 4.77 Å². The minimum Gasteiger partial charge on any atom is -0.486 e. The first kappa shape index (κ1) is 17.3. The molecule has 138 valence electrons. The quantitative estimate of drug-likeness (QED) is 0.677. The molecule has 0 aliphatic carbocycles. The number of ether oxygens (including phenoxy) is 2. The third-order valence-corrected chi connectivity index (χ3v) is 4.60. The molecule has 1 aromatic heterocycles. The fraction of sp³-hybridized carbons (Fsp3) is 0.211. The standard InChI is InChI=1S/C19H17N3O4S/c23-17(20-12-5-6-15-16(11-12)26-10-9-25-15)7-8-22-18(24)13-3-1-2-4-14(13)21-19(22)27/h1-6,11H,7-10H2,(H,20,23)(H,21,27). The average molecular weight is 383 g/mol. The summed E-state index contributed by atoms with van der Waals surface area (Å²) >= 11 is 5.26. The van der Waals surface area contributed by atoms with E-state index >= 15 is 0 Å². The molecular weight excluding hydrogens is 366 g/mol. The molecule has 2 heterocycles. The minimum atomic E-state index is -0.221. The predicted octanol–water partition coefficient (Wildman–Crippen LogP) is 2.86. The number of aromatic nitrogens is 2. The van der Waals surface area contributed by atoms with Gasteiger partial charge in [0.15, 0.2) is 16.3 Å². The van der Waals surface area contributed by atoms with E-state index in [1.54, 1.807) is 36.4 Å². The smallest absolute Gasteiger partial charge is 0.262 e. The van der Waals surface area contributed by atoms with Crippen LogP contribution >= 0.6 is 12.2 Å². The highest BCUT2D eigenvalue weighted by Gasteiger charge is 2.13. The number of carbonyl (C=O) groups is 1. The summed E-state index contributed by atoms with van der Waals surface area (Å²) in [4.78, 5) is 27.9. The van der Waals surface area contributed by atoms with Crippen LogP contribution in [0.15, 0.2) is 47.3 Å².